The molecule has 1 atom stereocenters. The summed E-state index contributed by atoms with van der Waals surface area (Å²) in [5.41, 5.74) is 2.60. The van der Waals surface area contributed by atoms with E-state index in [1.165, 1.54) is 30.5 Å². The van der Waals surface area contributed by atoms with Crippen LogP contribution in [0.2, 0.25) is 0 Å². The van der Waals surface area contributed by atoms with E-state index in [1.54, 1.807) is 7.11 Å². The van der Waals surface area contributed by atoms with Gasteiger partial charge < -0.3 is 14.4 Å². The van der Waals surface area contributed by atoms with Crippen molar-refractivity contribution in [2.75, 3.05) is 18.7 Å². The first kappa shape index (κ1) is 14.2. The molecule has 1 heterocycles. The average Bonchev–Trinajstić information content (AvgIpc) is 2.39. The molecule has 0 saturated heterocycles. The Morgan fingerprint density at radius 3 is 2.75 bits per heavy atom. The van der Waals surface area contributed by atoms with Gasteiger partial charge in [0.1, 0.15) is 12.5 Å². The fraction of sp³-hybridized carbons (Fsp3) is 0.625. The van der Waals surface area contributed by atoms with E-state index < -0.39 is 0 Å². The SMILES string of the molecule is COCN1c2ccc(Br)c(OC3CCC3)c2CCC1C. The van der Waals surface area contributed by atoms with Gasteiger partial charge in [-0.2, -0.15) is 0 Å². The first-order chi connectivity index (χ1) is 9.70. The third kappa shape index (κ3) is 2.56. The normalized spacial score (nSPS) is 22.4. The standard InChI is InChI=1S/C16H22BrNO2/c1-11-6-7-13-15(18(11)10-19-2)9-8-14(17)16(13)20-12-4-3-5-12/h8-9,11-12H,3-7,10H2,1-2H3. The summed E-state index contributed by atoms with van der Waals surface area (Å²) in [5.74, 6) is 1.06. The van der Waals surface area contributed by atoms with Crippen molar-refractivity contribution in [1.82, 2.24) is 0 Å². The van der Waals surface area contributed by atoms with Gasteiger partial charge in [-0.15, -0.1) is 0 Å². The number of anilines is 1. The highest BCUT2D eigenvalue weighted by atomic mass is 79.9. The van der Waals surface area contributed by atoms with E-state index in [1.807, 2.05) is 0 Å². The summed E-state index contributed by atoms with van der Waals surface area (Å²) in [6.45, 7) is 2.90. The number of fused-ring (bicyclic) bond motifs is 1. The Morgan fingerprint density at radius 2 is 2.10 bits per heavy atom. The lowest BCUT2D eigenvalue weighted by Crippen LogP contribution is -2.39. The molecule has 0 aromatic heterocycles. The van der Waals surface area contributed by atoms with Crippen molar-refractivity contribution in [3.8, 4) is 5.75 Å². The van der Waals surface area contributed by atoms with Crippen molar-refractivity contribution in [3.63, 3.8) is 0 Å². The lowest BCUT2D eigenvalue weighted by Gasteiger charge is -2.38. The van der Waals surface area contributed by atoms with Gasteiger partial charge in [-0.05, 0) is 67.1 Å². The second-order valence-corrected chi connectivity index (χ2v) is 6.67. The molecule has 1 aliphatic heterocycles. The van der Waals surface area contributed by atoms with Crippen LogP contribution in [0.5, 0.6) is 5.75 Å². The number of methoxy groups -OCH3 is 1. The third-order valence-corrected chi connectivity index (χ3v) is 5.07. The van der Waals surface area contributed by atoms with Crippen LogP contribution >= 0.6 is 15.9 Å². The Labute approximate surface area is 129 Å². The number of hydrogen-bond donors (Lipinski definition) is 0. The largest absolute Gasteiger partial charge is 0.489 e. The second-order valence-electron chi connectivity index (χ2n) is 5.82. The van der Waals surface area contributed by atoms with Gasteiger partial charge in [0, 0.05) is 24.4 Å². The summed E-state index contributed by atoms with van der Waals surface area (Å²) in [7, 11) is 1.76. The minimum Gasteiger partial charge on any atom is -0.489 e. The predicted molar refractivity (Wildman–Crippen MR) is 84.5 cm³/mol. The molecule has 1 saturated carbocycles. The van der Waals surface area contributed by atoms with Crippen LogP contribution < -0.4 is 9.64 Å². The quantitative estimate of drug-likeness (QED) is 0.823. The Morgan fingerprint density at radius 1 is 1.30 bits per heavy atom. The van der Waals surface area contributed by atoms with Crippen molar-refractivity contribution in [1.29, 1.82) is 0 Å². The van der Waals surface area contributed by atoms with Crippen LogP contribution in [0.25, 0.3) is 0 Å². The molecule has 4 heteroatoms. The number of hydrogen-bond acceptors (Lipinski definition) is 3. The van der Waals surface area contributed by atoms with Gasteiger partial charge in [0.15, 0.2) is 0 Å². The van der Waals surface area contributed by atoms with Crippen molar-refractivity contribution in [2.45, 2.75) is 51.2 Å². The van der Waals surface area contributed by atoms with Crippen molar-refractivity contribution in [3.05, 3.63) is 22.2 Å². The number of benzene rings is 1. The lowest BCUT2D eigenvalue weighted by atomic mass is 9.94. The van der Waals surface area contributed by atoms with Crippen LogP contribution in [0, 0.1) is 0 Å². The minimum atomic E-state index is 0.410. The summed E-state index contributed by atoms with van der Waals surface area (Å²) in [6, 6.07) is 4.80. The Balaban J connectivity index is 1.94. The Hall–Kier alpha value is -0.740. The number of rotatable bonds is 4. The third-order valence-electron chi connectivity index (χ3n) is 4.45. The molecule has 0 amide bonds. The van der Waals surface area contributed by atoms with Crippen LogP contribution in [-0.2, 0) is 11.2 Å². The highest BCUT2D eigenvalue weighted by Crippen LogP contribution is 2.42. The monoisotopic (exact) mass is 339 g/mol. The van der Waals surface area contributed by atoms with Crippen molar-refractivity contribution in [2.24, 2.45) is 0 Å². The second kappa shape index (κ2) is 5.94. The number of halogens is 1. The summed E-state index contributed by atoms with van der Waals surface area (Å²) in [6.07, 6.45) is 6.31. The molecule has 3 nitrogen and oxygen atoms in total. The molecule has 0 N–H and O–H groups in total. The molecule has 1 aromatic rings. The molecule has 3 rings (SSSR count). The lowest BCUT2D eigenvalue weighted by molar-refractivity contribution is 0.117. The van der Waals surface area contributed by atoms with Crippen molar-refractivity contribution < 1.29 is 9.47 Å². The maximum absolute atomic E-state index is 6.23. The molecule has 1 aliphatic carbocycles. The number of nitrogens with zero attached hydrogens (tertiary/aromatic N) is 1. The topological polar surface area (TPSA) is 21.7 Å². The Kier molecular flexibility index (Phi) is 4.22. The van der Waals surface area contributed by atoms with E-state index in [9.17, 15) is 0 Å². The smallest absolute Gasteiger partial charge is 0.139 e. The van der Waals surface area contributed by atoms with Gasteiger partial charge in [0.05, 0.1) is 10.6 Å². The minimum absolute atomic E-state index is 0.410. The van der Waals surface area contributed by atoms with E-state index >= 15 is 0 Å². The fourth-order valence-electron chi connectivity index (χ4n) is 2.96. The van der Waals surface area contributed by atoms with Crippen LogP contribution in [0.4, 0.5) is 5.69 Å². The molecule has 110 valence electrons. The van der Waals surface area contributed by atoms with E-state index in [2.05, 4.69) is 39.9 Å². The molecule has 0 bridgehead atoms. The zero-order valence-electron chi connectivity index (χ0n) is 12.2. The van der Waals surface area contributed by atoms with Gasteiger partial charge in [0.25, 0.3) is 0 Å². The predicted octanol–water partition coefficient (Wildman–Crippen LogP) is 4.13. The molecule has 20 heavy (non-hydrogen) atoms. The molecule has 2 aliphatic rings. The van der Waals surface area contributed by atoms with E-state index in [0.717, 1.165) is 23.1 Å². The molecule has 1 unspecified atom stereocenters. The van der Waals surface area contributed by atoms with Crippen LogP contribution in [-0.4, -0.2) is 26.0 Å². The van der Waals surface area contributed by atoms with Gasteiger partial charge in [-0.3, -0.25) is 0 Å². The van der Waals surface area contributed by atoms with Gasteiger partial charge in [0.2, 0.25) is 0 Å². The average molecular weight is 340 g/mol. The molecular weight excluding hydrogens is 318 g/mol. The fourth-order valence-corrected chi connectivity index (χ4v) is 3.43. The Bertz CT molecular complexity index is 488. The summed E-state index contributed by atoms with van der Waals surface area (Å²) in [4.78, 5) is 2.33. The molecule has 1 aromatic carbocycles. The van der Waals surface area contributed by atoms with Crippen LogP contribution in [0.3, 0.4) is 0 Å². The highest BCUT2D eigenvalue weighted by Gasteiger charge is 2.28. The van der Waals surface area contributed by atoms with Gasteiger partial charge in [-0.25, -0.2) is 0 Å². The van der Waals surface area contributed by atoms with E-state index in [4.69, 9.17) is 9.47 Å². The molecular formula is C16H22BrNO2. The number of ether oxygens (including phenoxy) is 2. The summed E-state index contributed by atoms with van der Waals surface area (Å²) >= 11 is 3.66. The highest BCUT2D eigenvalue weighted by molar-refractivity contribution is 9.10. The first-order valence-electron chi connectivity index (χ1n) is 7.44. The van der Waals surface area contributed by atoms with Crippen LogP contribution in [0.15, 0.2) is 16.6 Å². The molecule has 0 radical (unpaired) electrons. The maximum atomic E-state index is 6.23. The zero-order chi connectivity index (χ0) is 14.1. The van der Waals surface area contributed by atoms with Gasteiger partial charge >= 0.3 is 0 Å². The van der Waals surface area contributed by atoms with Crippen LogP contribution in [0.1, 0.15) is 38.2 Å². The van der Waals surface area contributed by atoms with Crippen molar-refractivity contribution >= 4 is 21.6 Å². The summed E-state index contributed by atoms with van der Waals surface area (Å²) in [5, 5.41) is 0. The van der Waals surface area contributed by atoms with E-state index in [0.29, 0.717) is 18.9 Å². The van der Waals surface area contributed by atoms with Gasteiger partial charge in [-0.1, -0.05) is 0 Å². The molecule has 1 fully saturated rings. The van der Waals surface area contributed by atoms with E-state index in [-0.39, 0.29) is 0 Å². The molecule has 0 spiro atoms. The first-order valence-corrected chi connectivity index (χ1v) is 8.23. The maximum Gasteiger partial charge on any atom is 0.139 e. The summed E-state index contributed by atoms with van der Waals surface area (Å²) < 4.78 is 12.7. The zero-order valence-corrected chi connectivity index (χ0v) is 13.8.